The minimum Gasteiger partial charge on any atom is -0.494 e. The van der Waals surface area contributed by atoms with Crippen LogP contribution in [0.1, 0.15) is 37.9 Å². The molecule has 0 bridgehead atoms. The molecule has 46 heavy (non-hydrogen) atoms. The van der Waals surface area contributed by atoms with Crippen molar-refractivity contribution in [2.45, 2.75) is 38.2 Å². The van der Waals surface area contributed by atoms with Gasteiger partial charge in [-0.15, -0.1) is 0 Å². The molecule has 1 aliphatic carbocycles. The van der Waals surface area contributed by atoms with E-state index in [0.29, 0.717) is 87.4 Å². The Morgan fingerprint density at radius 2 is 1.59 bits per heavy atom. The SMILES string of the molecule is COc1cccc2c1nc(C(F)F)n2-c1nc(N2CCOCC2)cc(N2CCN(C(=O)CN3CCN(C4CCCC4)CC3)CC2)n1. The predicted molar refractivity (Wildman–Crippen MR) is 170 cm³/mol. The Bertz CT molecular complexity index is 1510. The first kappa shape index (κ1) is 31.0. The van der Waals surface area contributed by atoms with Crippen molar-refractivity contribution in [1.82, 2.24) is 34.2 Å². The van der Waals surface area contributed by atoms with Crippen LogP contribution in [0, 0.1) is 0 Å². The quantitative estimate of drug-likeness (QED) is 0.366. The number of hydrogen-bond donors (Lipinski definition) is 0. The van der Waals surface area contributed by atoms with Gasteiger partial charge >= 0.3 is 0 Å². The fourth-order valence-corrected chi connectivity index (χ4v) is 7.27. The number of halogens is 2. The molecule has 14 heteroatoms. The Labute approximate surface area is 267 Å². The van der Waals surface area contributed by atoms with E-state index in [2.05, 4.69) is 24.6 Å². The third-order valence-corrected chi connectivity index (χ3v) is 9.87. The molecule has 5 heterocycles. The van der Waals surface area contributed by atoms with Gasteiger partial charge in [-0.05, 0) is 25.0 Å². The minimum atomic E-state index is -2.85. The number of morpholine rings is 1. The number of amides is 1. The summed E-state index contributed by atoms with van der Waals surface area (Å²) in [6.07, 6.45) is 2.45. The summed E-state index contributed by atoms with van der Waals surface area (Å²) >= 11 is 0. The Hall–Kier alpha value is -3.62. The lowest BCUT2D eigenvalue weighted by molar-refractivity contribution is -0.133. The van der Waals surface area contributed by atoms with Crippen LogP contribution in [0.25, 0.3) is 17.0 Å². The van der Waals surface area contributed by atoms with Gasteiger partial charge in [0.1, 0.15) is 22.9 Å². The van der Waals surface area contributed by atoms with Crippen molar-refractivity contribution >= 4 is 28.6 Å². The maximum Gasteiger partial charge on any atom is 0.296 e. The molecule has 0 unspecified atom stereocenters. The van der Waals surface area contributed by atoms with Gasteiger partial charge < -0.3 is 24.2 Å². The lowest BCUT2D eigenvalue weighted by Crippen LogP contribution is -2.55. The van der Waals surface area contributed by atoms with Crippen molar-refractivity contribution in [3.8, 4) is 11.7 Å². The first-order chi connectivity index (χ1) is 22.5. The van der Waals surface area contributed by atoms with Crippen LogP contribution in [0.3, 0.4) is 0 Å². The molecular formula is C32H43F2N9O3. The maximum atomic E-state index is 14.4. The number of carbonyl (C=O) groups excluding carboxylic acids is 1. The van der Waals surface area contributed by atoms with E-state index >= 15 is 0 Å². The van der Waals surface area contributed by atoms with Crippen LogP contribution in [0.4, 0.5) is 20.4 Å². The van der Waals surface area contributed by atoms with Crippen LogP contribution in [0.2, 0.25) is 0 Å². The van der Waals surface area contributed by atoms with Crippen LogP contribution < -0.4 is 14.5 Å². The average molecular weight is 640 g/mol. The average Bonchev–Trinajstić information content (AvgIpc) is 3.78. The number of ether oxygens (including phenoxy) is 2. The largest absolute Gasteiger partial charge is 0.494 e. The Balaban J connectivity index is 1.09. The smallest absolute Gasteiger partial charge is 0.296 e. The fourth-order valence-electron chi connectivity index (χ4n) is 7.27. The number of piperazine rings is 2. The molecular weight excluding hydrogens is 596 g/mol. The maximum absolute atomic E-state index is 14.4. The summed E-state index contributed by atoms with van der Waals surface area (Å²) in [5, 5.41) is 0. The van der Waals surface area contributed by atoms with E-state index in [4.69, 9.17) is 19.4 Å². The zero-order chi connectivity index (χ0) is 31.6. The Morgan fingerprint density at radius 3 is 2.24 bits per heavy atom. The highest BCUT2D eigenvalue weighted by Gasteiger charge is 2.30. The van der Waals surface area contributed by atoms with Crippen molar-refractivity contribution in [1.29, 1.82) is 0 Å². The first-order valence-electron chi connectivity index (χ1n) is 16.5. The van der Waals surface area contributed by atoms with E-state index in [9.17, 15) is 13.6 Å². The molecule has 248 valence electrons. The van der Waals surface area contributed by atoms with Crippen molar-refractivity contribution in [3.05, 3.63) is 30.1 Å². The van der Waals surface area contributed by atoms with E-state index in [-0.39, 0.29) is 11.9 Å². The number of imidazole rings is 1. The van der Waals surface area contributed by atoms with Crippen molar-refractivity contribution < 1.29 is 23.0 Å². The minimum absolute atomic E-state index is 0.125. The van der Waals surface area contributed by atoms with Crippen LogP contribution in [-0.2, 0) is 9.53 Å². The summed E-state index contributed by atoms with van der Waals surface area (Å²) in [6, 6.07) is 7.81. The molecule has 0 atom stereocenters. The highest BCUT2D eigenvalue weighted by atomic mass is 19.3. The molecule has 3 aliphatic heterocycles. The molecule has 1 aromatic carbocycles. The monoisotopic (exact) mass is 639 g/mol. The van der Waals surface area contributed by atoms with Crippen LogP contribution in [0.5, 0.6) is 5.75 Å². The molecule has 0 radical (unpaired) electrons. The van der Waals surface area contributed by atoms with Crippen molar-refractivity contribution in [2.75, 3.05) is 102 Å². The predicted octanol–water partition coefficient (Wildman–Crippen LogP) is 2.81. The first-order valence-corrected chi connectivity index (χ1v) is 16.5. The van der Waals surface area contributed by atoms with Crippen LogP contribution in [0.15, 0.2) is 24.3 Å². The fraction of sp³-hybridized carbons (Fsp3) is 0.625. The van der Waals surface area contributed by atoms with Gasteiger partial charge in [-0.2, -0.15) is 9.97 Å². The zero-order valence-corrected chi connectivity index (χ0v) is 26.5. The van der Waals surface area contributed by atoms with Crippen molar-refractivity contribution in [2.24, 2.45) is 0 Å². The number of fused-ring (bicyclic) bond motifs is 1. The second-order valence-corrected chi connectivity index (χ2v) is 12.5. The number of hydrogen-bond acceptors (Lipinski definition) is 10. The molecule has 2 aromatic heterocycles. The van der Waals surface area contributed by atoms with Gasteiger partial charge in [-0.25, -0.2) is 13.8 Å². The highest BCUT2D eigenvalue weighted by molar-refractivity contribution is 5.84. The number of methoxy groups -OCH3 is 1. The Kier molecular flexibility index (Phi) is 9.18. The summed E-state index contributed by atoms with van der Waals surface area (Å²) < 4.78 is 41.1. The summed E-state index contributed by atoms with van der Waals surface area (Å²) in [6.45, 7) is 9.08. The van der Waals surface area contributed by atoms with Crippen LogP contribution in [-0.4, -0.2) is 138 Å². The number of aromatic nitrogens is 4. The zero-order valence-electron chi connectivity index (χ0n) is 26.5. The van der Waals surface area contributed by atoms with Gasteiger partial charge in [-0.3, -0.25) is 19.2 Å². The normalized spacial score (nSPS) is 20.7. The van der Waals surface area contributed by atoms with E-state index in [1.165, 1.54) is 37.4 Å². The van der Waals surface area contributed by atoms with Gasteiger partial charge in [-0.1, -0.05) is 18.9 Å². The molecule has 0 spiro atoms. The molecule has 1 amide bonds. The highest BCUT2D eigenvalue weighted by Crippen LogP contribution is 2.33. The Morgan fingerprint density at radius 1 is 0.913 bits per heavy atom. The molecule has 12 nitrogen and oxygen atoms in total. The second kappa shape index (κ2) is 13.6. The summed E-state index contributed by atoms with van der Waals surface area (Å²) in [4.78, 5) is 38.2. The molecule has 0 N–H and O–H groups in total. The van der Waals surface area contributed by atoms with Gasteiger partial charge in [0.15, 0.2) is 5.82 Å². The third kappa shape index (κ3) is 6.34. The molecule has 4 aliphatic rings. The summed E-state index contributed by atoms with van der Waals surface area (Å²) in [5.74, 6) is 1.52. The second-order valence-electron chi connectivity index (χ2n) is 12.5. The number of carbonyl (C=O) groups is 1. The van der Waals surface area contributed by atoms with Crippen molar-refractivity contribution in [3.63, 3.8) is 0 Å². The molecule has 3 saturated heterocycles. The standard InChI is InChI=1S/C32H43F2N9O3/c1-45-25-8-4-7-24-29(25)37-31(30(33)34)43(24)32-35-26(21-27(36-32)41-17-19-46-20-18-41)40-13-15-42(16-14-40)28(44)22-38-9-11-39(12-10-38)23-5-2-3-6-23/h4,7-8,21,23,30H,2-3,5-6,9-20,22H2,1H3. The van der Waals surface area contributed by atoms with E-state index in [1.807, 2.05) is 11.0 Å². The van der Waals surface area contributed by atoms with E-state index < -0.39 is 12.2 Å². The molecule has 4 fully saturated rings. The lowest BCUT2D eigenvalue weighted by Gasteiger charge is -2.40. The molecule has 7 rings (SSSR count). The number of rotatable bonds is 8. The number of alkyl halides is 2. The van der Waals surface area contributed by atoms with E-state index in [1.54, 1.807) is 18.2 Å². The molecule has 1 saturated carbocycles. The van der Waals surface area contributed by atoms with Gasteiger partial charge in [0.05, 0.1) is 32.4 Å². The van der Waals surface area contributed by atoms with Gasteiger partial charge in [0.2, 0.25) is 11.9 Å². The number of nitrogens with zero attached hydrogens (tertiary/aromatic N) is 9. The number of anilines is 2. The van der Waals surface area contributed by atoms with Gasteiger partial charge in [0.25, 0.3) is 6.43 Å². The summed E-state index contributed by atoms with van der Waals surface area (Å²) in [5.41, 5.74) is 0.772. The third-order valence-electron chi connectivity index (χ3n) is 9.87. The van der Waals surface area contributed by atoms with Crippen LogP contribution >= 0.6 is 0 Å². The number of para-hydroxylation sites is 1. The topological polar surface area (TPSA) is 95.3 Å². The van der Waals surface area contributed by atoms with Gasteiger partial charge in [0, 0.05) is 77.6 Å². The summed E-state index contributed by atoms with van der Waals surface area (Å²) in [7, 11) is 1.49. The number of benzene rings is 1. The van der Waals surface area contributed by atoms with E-state index in [0.717, 1.165) is 32.2 Å². The lowest BCUT2D eigenvalue weighted by atomic mass is 10.2. The molecule has 3 aromatic rings.